The summed E-state index contributed by atoms with van der Waals surface area (Å²) in [6, 6.07) is 0.211. The molecule has 0 atom stereocenters. The van der Waals surface area contributed by atoms with Gasteiger partial charge >= 0.3 is 0 Å². The highest BCUT2D eigenvalue weighted by atomic mass is 16.2. The second kappa shape index (κ2) is 5.49. The normalized spacial score (nSPS) is 18.0. The summed E-state index contributed by atoms with van der Waals surface area (Å²) < 4.78 is 0. The quantitative estimate of drug-likeness (QED) is 0.743. The number of hydrogen-bond acceptors (Lipinski definition) is 3. The fraction of sp³-hybridized carbons (Fsp3) is 0.833. The first-order valence-electron chi connectivity index (χ1n) is 6.12. The van der Waals surface area contributed by atoms with Gasteiger partial charge in [0.2, 0.25) is 11.8 Å². The van der Waals surface area contributed by atoms with Crippen molar-refractivity contribution >= 4 is 11.8 Å². The van der Waals surface area contributed by atoms with E-state index in [2.05, 4.69) is 5.32 Å². The summed E-state index contributed by atoms with van der Waals surface area (Å²) in [6.45, 7) is 6.65. The zero-order chi connectivity index (χ0) is 13.1. The predicted molar refractivity (Wildman–Crippen MR) is 66.3 cm³/mol. The van der Waals surface area contributed by atoms with Gasteiger partial charge in [0.25, 0.3) is 0 Å². The number of nitrogens with one attached hydrogen (secondary N) is 1. The Morgan fingerprint density at radius 2 is 1.88 bits per heavy atom. The number of amides is 2. The predicted octanol–water partition coefficient (Wildman–Crippen LogP) is 0.241. The van der Waals surface area contributed by atoms with Gasteiger partial charge in [-0.3, -0.25) is 9.59 Å². The number of likely N-dealkylation sites (tertiary alicyclic amines) is 1. The molecule has 5 heteroatoms. The molecule has 98 valence electrons. The lowest BCUT2D eigenvalue weighted by Gasteiger charge is -2.33. The molecule has 2 amide bonds. The molecular formula is C12H23N3O2. The molecule has 0 aromatic heterocycles. The van der Waals surface area contributed by atoms with Gasteiger partial charge in [0, 0.05) is 38.0 Å². The molecule has 3 N–H and O–H groups in total. The number of piperidine rings is 1. The Hall–Kier alpha value is -1.10. The van der Waals surface area contributed by atoms with Crippen LogP contribution in [0.2, 0.25) is 0 Å². The average molecular weight is 241 g/mol. The number of carbonyl (C=O) groups is 2. The van der Waals surface area contributed by atoms with E-state index in [1.165, 1.54) is 6.92 Å². The fourth-order valence-corrected chi connectivity index (χ4v) is 2.06. The van der Waals surface area contributed by atoms with E-state index in [1.54, 1.807) is 0 Å². The Balaban J connectivity index is 2.36. The van der Waals surface area contributed by atoms with Crippen LogP contribution in [0.4, 0.5) is 0 Å². The van der Waals surface area contributed by atoms with Gasteiger partial charge in [0.05, 0.1) is 0 Å². The van der Waals surface area contributed by atoms with E-state index in [0.717, 1.165) is 12.8 Å². The van der Waals surface area contributed by atoms with Crippen LogP contribution in [0.3, 0.4) is 0 Å². The second-order valence-electron chi connectivity index (χ2n) is 5.52. The summed E-state index contributed by atoms with van der Waals surface area (Å²) in [5.41, 5.74) is 5.38. The third-order valence-corrected chi connectivity index (χ3v) is 2.86. The van der Waals surface area contributed by atoms with Crippen molar-refractivity contribution in [3.05, 3.63) is 0 Å². The van der Waals surface area contributed by atoms with Crippen LogP contribution >= 0.6 is 0 Å². The first kappa shape index (κ1) is 14.0. The lowest BCUT2D eigenvalue weighted by Crippen LogP contribution is -2.48. The second-order valence-corrected chi connectivity index (χ2v) is 5.52. The summed E-state index contributed by atoms with van der Waals surface area (Å²) in [6.07, 6.45) is 2.03. The topological polar surface area (TPSA) is 75.4 Å². The van der Waals surface area contributed by atoms with E-state index in [1.807, 2.05) is 18.7 Å². The maximum Gasteiger partial charge on any atom is 0.224 e. The van der Waals surface area contributed by atoms with E-state index in [9.17, 15) is 9.59 Å². The maximum absolute atomic E-state index is 11.9. The number of hydrogen-bond donors (Lipinski definition) is 2. The highest BCUT2D eigenvalue weighted by Crippen LogP contribution is 2.14. The monoisotopic (exact) mass is 241 g/mol. The number of carbonyl (C=O) groups excluding carboxylic acids is 2. The number of rotatable bonds is 3. The van der Waals surface area contributed by atoms with Gasteiger partial charge in [0.1, 0.15) is 0 Å². The fourth-order valence-electron chi connectivity index (χ4n) is 2.06. The van der Waals surface area contributed by atoms with E-state index in [-0.39, 0.29) is 17.9 Å². The molecule has 0 aliphatic carbocycles. The summed E-state index contributed by atoms with van der Waals surface area (Å²) in [7, 11) is 0. The maximum atomic E-state index is 11.9. The lowest BCUT2D eigenvalue weighted by atomic mass is 9.99. The minimum atomic E-state index is -0.453. The zero-order valence-corrected chi connectivity index (χ0v) is 11.0. The van der Waals surface area contributed by atoms with Gasteiger partial charge < -0.3 is 16.0 Å². The smallest absolute Gasteiger partial charge is 0.224 e. The van der Waals surface area contributed by atoms with Gasteiger partial charge in [-0.15, -0.1) is 0 Å². The van der Waals surface area contributed by atoms with Gasteiger partial charge in [-0.2, -0.15) is 0 Å². The van der Waals surface area contributed by atoms with Crippen molar-refractivity contribution in [2.45, 2.75) is 51.6 Å². The lowest BCUT2D eigenvalue weighted by molar-refractivity contribution is -0.133. The van der Waals surface area contributed by atoms with Crippen molar-refractivity contribution < 1.29 is 9.59 Å². The Labute approximate surface area is 103 Å². The van der Waals surface area contributed by atoms with Crippen LogP contribution in [0.15, 0.2) is 0 Å². The molecule has 0 aromatic rings. The highest BCUT2D eigenvalue weighted by molar-refractivity contribution is 5.77. The number of nitrogens with zero attached hydrogens (tertiary/aromatic N) is 1. The van der Waals surface area contributed by atoms with Crippen molar-refractivity contribution in [3.8, 4) is 0 Å². The van der Waals surface area contributed by atoms with Crippen LogP contribution in [0.1, 0.15) is 40.0 Å². The average Bonchev–Trinajstić information content (AvgIpc) is 2.15. The van der Waals surface area contributed by atoms with Gasteiger partial charge in [-0.05, 0) is 26.7 Å². The van der Waals surface area contributed by atoms with Crippen LogP contribution in [-0.2, 0) is 9.59 Å². The highest BCUT2D eigenvalue weighted by Gasteiger charge is 2.26. The first-order valence-corrected chi connectivity index (χ1v) is 6.12. The minimum Gasteiger partial charge on any atom is -0.353 e. The van der Waals surface area contributed by atoms with Crippen molar-refractivity contribution in [2.75, 3.05) is 13.1 Å². The molecule has 1 heterocycles. The van der Waals surface area contributed by atoms with Gasteiger partial charge in [0.15, 0.2) is 0 Å². The molecule has 17 heavy (non-hydrogen) atoms. The third kappa shape index (κ3) is 5.17. The molecule has 0 aromatic carbocycles. The SMILES string of the molecule is CC(=O)NC1CCN(C(=O)CC(C)(C)N)CC1. The van der Waals surface area contributed by atoms with Crippen molar-refractivity contribution in [1.82, 2.24) is 10.2 Å². The van der Waals surface area contributed by atoms with E-state index in [0.29, 0.717) is 19.5 Å². The Bertz CT molecular complexity index is 289. The summed E-state index contributed by atoms with van der Waals surface area (Å²) in [5, 5.41) is 2.89. The molecule has 0 unspecified atom stereocenters. The summed E-state index contributed by atoms with van der Waals surface area (Å²) in [5.74, 6) is 0.108. The molecular weight excluding hydrogens is 218 g/mol. The summed E-state index contributed by atoms with van der Waals surface area (Å²) in [4.78, 5) is 24.6. The molecule has 0 radical (unpaired) electrons. The Morgan fingerprint density at radius 1 is 1.35 bits per heavy atom. The largest absolute Gasteiger partial charge is 0.353 e. The molecule has 0 saturated carbocycles. The van der Waals surface area contributed by atoms with Crippen LogP contribution in [0.5, 0.6) is 0 Å². The standard InChI is InChI=1S/C12H23N3O2/c1-9(16)14-10-4-6-15(7-5-10)11(17)8-12(2,3)13/h10H,4-8,13H2,1-3H3,(H,14,16). The van der Waals surface area contributed by atoms with Crippen LogP contribution in [0.25, 0.3) is 0 Å². The number of nitrogens with two attached hydrogens (primary N) is 1. The van der Waals surface area contributed by atoms with Gasteiger partial charge in [-0.25, -0.2) is 0 Å². The van der Waals surface area contributed by atoms with Crippen molar-refractivity contribution in [3.63, 3.8) is 0 Å². The van der Waals surface area contributed by atoms with Crippen LogP contribution < -0.4 is 11.1 Å². The molecule has 1 aliphatic rings. The minimum absolute atomic E-state index is 0.00197. The molecule has 0 bridgehead atoms. The van der Waals surface area contributed by atoms with Crippen LogP contribution in [-0.4, -0.2) is 41.4 Å². The van der Waals surface area contributed by atoms with Crippen LogP contribution in [0, 0.1) is 0 Å². The molecule has 1 fully saturated rings. The summed E-state index contributed by atoms with van der Waals surface area (Å²) >= 11 is 0. The van der Waals surface area contributed by atoms with Crippen molar-refractivity contribution in [2.24, 2.45) is 5.73 Å². The van der Waals surface area contributed by atoms with E-state index in [4.69, 9.17) is 5.73 Å². The third-order valence-electron chi connectivity index (χ3n) is 2.86. The van der Waals surface area contributed by atoms with E-state index >= 15 is 0 Å². The molecule has 0 spiro atoms. The molecule has 1 rings (SSSR count). The van der Waals surface area contributed by atoms with E-state index < -0.39 is 5.54 Å². The Morgan fingerprint density at radius 3 is 2.29 bits per heavy atom. The zero-order valence-electron chi connectivity index (χ0n) is 11.0. The molecule has 5 nitrogen and oxygen atoms in total. The van der Waals surface area contributed by atoms with Gasteiger partial charge in [-0.1, -0.05) is 0 Å². The Kier molecular flexibility index (Phi) is 4.51. The molecule has 1 aliphatic heterocycles. The van der Waals surface area contributed by atoms with Crippen molar-refractivity contribution in [1.29, 1.82) is 0 Å². The first-order chi connectivity index (χ1) is 7.78. The molecule has 1 saturated heterocycles.